The molecule has 2 unspecified atom stereocenters. The lowest BCUT2D eigenvalue weighted by molar-refractivity contribution is 0.153. The van der Waals surface area contributed by atoms with Crippen LogP contribution in [0.25, 0.3) is 0 Å². The zero-order valence-corrected chi connectivity index (χ0v) is 11.8. The molecule has 4 heteroatoms. The number of hydrogen-bond acceptors (Lipinski definition) is 3. The molecule has 3 rings (SSSR count). The molecule has 20 heavy (non-hydrogen) atoms. The molecule has 0 fully saturated rings. The van der Waals surface area contributed by atoms with Crippen LogP contribution < -0.4 is 0 Å². The minimum atomic E-state index is -3.31. The summed E-state index contributed by atoms with van der Waals surface area (Å²) in [5, 5.41) is 10.4. The summed E-state index contributed by atoms with van der Waals surface area (Å²) in [6, 6.07) is 16.6. The summed E-state index contributed by atoms with van der Waals surface area (Å²) in [4.78, 5) is 0.352. The molecule has 104 valence electrons. The van der Waals surface area contributed by atoms with Gasteiger partial charge in [0.2, 0.25) is 0 Å². The lowest BCUT2D eigenvalue weighted by Gasteiger charge is -2.22. The standard InChI is InChI=1S/C16H16O3S/c17-14-10-11-20(18,19)15-9-5-4-8-13(15)16(14)12-6-2-1-3-7-12/h1-9,14,16-17H,10-11H2. The van der Waals surface area contributed by atoms with Gasteiger partial charge in [-0.05, 0) is 23.6 Å². The maximum atomic E-state index is 12.3. The van der Waals surface area contributed by atoms with E-state index in [2.05, 4.69) is 0 Å². The first kappa shape index (κ1) is 13.3. The topological polar surface area (TPSA) is 54.4 Å². The molecule has 0 saturated heterocycles. The molecule has 0 saturated carbocycles. The van der Waals surface area contributed by atoms with Crippen molar-refractivity contribution < 1.29 is 13.5 Å². The van der Waals surface area contributed by atoms with Crippen LogP contribution in [0.5, 0.6) is 0 Å². The van der Waals surface area contributed by atoms with Crippen molar-refractivity contribution in [3.8, 4) is 0 Å². The quantitative estimate of drug-likeness (QED) is 0.876. The van der Waals surface area contributed by atoms with Gasteiger partial charge in [0.1, 0.15) is 0 Å². The highest BCUT2D eigenvalue weighted by Crippen LogP contribution is 2.37. The van der Waals surface area contributed by atoms with Crippen LogP contribution in [-0.2, 0) is 9.84 Å². The summed E-state index contributed by atoms with van der Waals surface area (Å²) < 4.78 is 24.6. The maximum absolute atomic E-state index is 12.3. The third-order valence-electron chi connectivity index (χ3n) is 3.81. The Kier molecular flexibility index (Phi) is 3.36. The van der Waals surface area contributed by atoms with Gasteiger partial charge in [0.15, 0.2) is 9.84 Å². The van der Waals surface area contributed by atoms with Gasteiger partial charge in [0.05, 0.1) is 16.8 Å². The number of hydrogen-bond donors (Lipinski definition) is 1. The van der Waals surface area contributed by atoms with E-state index in [0.29, 0.717) is 10.5 Å². The molecule has 0 aromatic heterocycles. The van der Waals surface area contributed by atoms with E-state index in [0.717, 1.165) is 5.56 Å². The Labute approximate surface area is 118 Å². The number of aliphatic hydroxyl groups is 1. The zero-order valence-electron chi connectivity index (χ0n) is 10.9. The number of fused-ring (bicyclic) bond motifs is 1. The van der Waals surface area contributed by atoms with Crippen LogP contribution in [0, 0.1) is 0 Å². The fourth-order valence-corrected chi connectivity index (χ4v) is 4.45. The molecule has 2 aromatic carbocycles. The van der Waals surface area contributed by atoms with Crippen molar-refractivity contribution in [1.29, 1.82) is 0 Å². The fraction of sp³-hybridized carbons (Fsp3) is 0.250. The van der Waals surface area contributed by atoms with E-state index in [4.69, 9.17) is 0 Å². The van der Waals surface area contributed by atoms with E-state index in [1.54, 1.807) is 18.2 Å². The minimum absolute atomic E-state index is 0.00544. The molecular weight excluding hydrogens is 272 g/mol. The Morgan fingerprint density at radius 3 is 2.35 bits per heavy atom. The average Bonchev–Trinajstić information content (AvgIpc) is 2.56. The largest absolute Gasteiger partial charge is 0.392 e. The molecule has 1 heterocycles. The highest BCUT2D eigenvalue weighted by molar-refractivity contribution is 7.91. The summed E-state index contributed by atoms with van der Waals surface area (Å²) in [6.45, 7) is 0. The van der Waals surface area contributed by atoms with Crippen LogP contribution in [0.3, 0.4) is 0 Å². The molecule has 0 spiro atoms. The van der Waals surface area contributed by atoms with Crippen LogP contribution in [0.1, 0.15) is 23.5 Å². The van der Waals surface area contributed by atoms with Crippen molar-refractivity contribution in [1.82, 2.24) is 0 Å². The van der Waals surface area contributed by atoms with Gasteiger partial charge in [-0.15, -0.1) is 0 Å². The number of aliphatic hydroxyl groups excluding tert-OH is 1. The molecule has 2 aromatic rings. The van der Waals surface area contributed by atoms with E-state index in [1.807, 2.05) is 36.4 Å². The summed E-state index contributed by atoms with van der Waals surface area (Å²) in [7, 11) is -3.31. The predicted molar refractivity (Wildman–Crippen MR) is 77.4 cm³/mol. The van der Waals surface area contributed by atoms with Crippen molar-refractivity contribution in [3.05, 3.63) is 65.7 Å². The van der Waals surface area contributed by atoms with Crippen LogP contribution in [0.15, 0.2) is 59.5 Å². The summed E-state index contributed by atoms with van der Waals surface area (Å²) in [6.07, 6.45) is -0.424. The van der Waals surface area contributed by atoms with Crippen LogP contribution in [0.2, 0.25) is 0 Å². The Morgan fingerprint density at radius 1 is 0.950 bits per heavy atom. The van der Waals surface area contributed by atoms with Gasteiger partial charge < -0.3 is 5.11 Å². The molecule has 0 amide bonds. The van der Waals surface area contributed by atoms with Crippen molar-refractivity contribution in [2.75, 3.05) is 5.75 Å². The molecule has 0 aliphatic carbocycles. The molecule has 0 radical (unpaired) electrons. The number of benzene rings is 2. The van der Waals surface area contributed by atoms with Gasteiger partial charge in [-0.1, -0.05) is 48.5 Å². The Balaban J connectivity index is 2.23. The van der Waals surface area contributed by atoms with Gasteiger partial charge >= 0.3 is 0 Å². The molecule has 1 aliphatic heterocycles. The second-order valence-corrected chi connectivity index (χ2v) is 7.18. The molecule has 2 atom stereocenters. The van der Waals surface area contributed by atoms with E-state index < -0.39 is 15.9 Å². The normalized spacial score (nSPS) is 24.6. The molecule has 3 nitrogen and oxygen atoms in total. The fourth-order valence-electron chi connectivity index (χ4n) is 2.84. The summed E-state index contributed by atoms with van der Waals surface area (Å²) in [5.41, 5.74) is 1.65. The first-order valence-electron chi connectivity index (χ1n) is 6.64. The summed E-state index contributed by atoms with van der Waals surface area (Å²) in [5.74, 6) is -0.293. The van der Waals surface area contributed by atoms with Crippen LogP contribution in [0.4, 0.5) is 0 Å². The maximum Gasteiger partial charge on any atom is 0.178 e. The Hall–Kier alpha value is -1.65. The number of sulfone groups is 1. The van der Waals surface area contributed by atoms with Gasteiger partial charge in [-0.3, -0.25) is 0 Å². The third kappa shape index (κ3) is 2.25. The van der Waals surface area contributed by atoms with E-state index >= 15 is 0 Å². The summed E-state index contributed by atoms with van der Waals surface area (Å²) >= 11 is 0. The van der Waals surface area contributed by atoms with E-state index in [1.165, 1.54) is 0 Å². The average molecular weight is 288 g/mol. The van der Waals surface area contributed by atoms with Gasteiger partial charge in [0, 0.05) is 5.92 Å². The minimum Gasteiger partial charge on any atom is -0.392 e. The second kappa shape index (κ2) is 5.04. The zero-order chi connectivity index (χ0) is 14.2. The lowest BCUT2D eigenvalue weighted by Crippen LogP contribution is -2.19. The van der Waals surface area contributed by atoms with Gasteiger partial charge in [0.25, 0.3) is 0 Å². The van der Waals surface area contributed by atoms with Crippen molar-refractivity contribution >= 4 is 9.84 Å². The highest BCUT2D eigenvalue weighted by atomic mass is 32.2. The van der Waals surface area contributed by atoms with Crippen molar-refractivity contribution in [2.45, 2.75) is 23.3 Å². The number of rotatable bonds is 1. The predicted octanol–water partition coefficient (Wildman–Crippen LogP) is 2.36. The van der Waals surface area contributed by atoms with Crippen LogP contribution >= 0.6 is 0 Å². The second-order valence-electron chi connectivity index (χ2n) is 5.10. The molecule has 0 bridgehead atoms. The molecule has 1 N–H and O–H groups in total. The first-order valence-corrected chi connectivity index (χ1v) is 8.29. The van der Waals surface area contributed by atoms with Crippen LogP contribution in [-0.4, -0.2) is 25.4 Å². The smallest absolute Gasteiger partial charge is 0.178 e. The monoisotopic (exact) mass is 288 g/mol. The van der Waals surface area contributed by atoms with Crippen molar-refractivity contribution in [3.63, 3.8) is 0 Å². The first-order chi connectivity index (χ1) is 9.59. The van der Waals surface area contributed by atoms with E-state index in [9.17, 15) is 13.5 Å². The van der Waals surface area contributed by atoms with E-state index in [-0.39, 0.29) is 18.1 Å². The molecule has 1 aliphatic rings. The van der Waals surface area contributed by atoms with Crippen molar-refractivity contribution in [2.24, 2.45) is 0 Å². The Morgan fingerprint density at radius 2 is 1.60 bits per heavy atom. The third-order valence-corrected chi connectivity index (χ3v) is 5.63. The van der Waals surface area contributed by atoms with Gasteiger partial charge in [-0.25, -0.2) is 8.42 Å². The highest BCUT2D eigenvalue weighted by Gasteiger charge is 2.33. The Bertz CT molecular complexity index is 708. The lowest BCUT2D eigenvalue weighted by atomic mass is 9.85. The SMILES string of the molecule is O=S1(=O)CCC(O)C(c2ccccc2)c2ccccc21. The van der Waals surface area contributed by atoms with Gasteiger partial charge in [-0.2, -0.15) is 0 Å². The molecular formula is C16H16O3S.